The fraction of sp³-hybridized carbons (Fsp3) is 0.360. The zero-order valence-corrected chi connectivity index (χ0v) is 21.8. The molecule has 2 aliphatic heterocycles. The lowest BCUT2D eigenvalue weighted by Gasteiger charge is -2.37. The summed E-state index contributed by atoms with van der Waals surface area (Å²) in [5.74, 6) is -2.96. The van der Waals surface area contributed by atoms with Gasteiger partial charge < -0.3 is 20.5 Å². The Hall–Kier alpha value is -3.05. The molecule has 2 fully saturated rings. The molecule has 0 aromatic heterocycles. The lowest BCUT2D eigenvalue weighted by molar-refractivity contribution is 0.0728. The molecule has 2 heterocycles. The Balaban J connectivity index is 1.63. The van der Waals surface area contributed by atoms with Crippen LogP contribution in [0.1, 0.15) is 29.3 Å². The minimum atomic E-state index is -3.17. The molecule has 7 nitrogen and oxygen atoms in total. The van der Waals surface area contributed by atoms with Crippen LogP contribution in [0.5, 0.6) is 0 Å². The highest BCUT2D eigenvalue weighted by Gasteiger charge is 2.34. The van der Waals surface area contributed by atoms with E-state index in [1.807, 2.05) is 0 Å². The topological polar surface area (TPSA) is 93.6 Å². The Kier molecular flexibility index (Phi) is 7.57. The first-order valence-corrected chi connectivity index (χ1v) is 13.8. The second kappa shape index (κ2) is 10.4. The molecule has 0 spiro atoms. The number of nitrogens with zero attached hydrogens (tertiary/aromatic N) is 2. The lowest BCUT2D eigenvalue weighted by Crippen LogP contribution is -2.48. The van der Waals surface area contributed by atoms with Gasteiger partial charge in [-0.25, -0.2) is 21.6 Å². The number of amides is 1. The van der Waals surface area contributed by atoms with Crippen molar-refractivity contribution in [3.05, 3.63) is 69.5 Å². The van der Waals surface area contributed by atoms with Crippen molar-refractivity contribution < 1.29 is 26.4 Å². The molecule has 0 aliphatic carbocycles. The fourth-order valence-electron chi connectivity index (χ4n) is 4.74. The van der Waals surface area contributed by atoms with E-state index in [0.717, 1.165) is 24.3 Å². The number of piperidine rings is 1. The summed E-state index contributed by atoms with van der Waals surface area (Å²) in [7, 11) is -1.59. The highest BCUT2D eigenvalue weighted by atomic mass is 35.5. The number of hydrogen-bond acceptors (Lipinski definition) is 6. The van der Waals surface area contributed by atoms with E-state index in [-0.39, 0.29) is 65.1 Å². The van der Waals surface area contributed by atoms with Gasteiger partial charge in [0, 0.05) is 49.6 Å². The molecule has 4 rings (SSSR count). The molecular formula is C25H26ClF3N4O3S. The predicted molar refractivity (Wildman–Crippen MR) is 137 cm³/mol. The smallest absolute Gasteiger partial charge is 0.256 e. The van der Waals surface area contributed by atoms with Crippen LogP contribution in [0.3, 0.4) is 0 Å². The lowest BCUT2D eigenvalue weighted by atomic mass is 9.90. The van der Waals surface area contributed by atoms with Crippen LogP contribution in [0.2, 0.25) is 5.02 Å². The number of anilines is 1. The zero-order chi connectivity index (χ0) is 27.1. The molecule has 2 N–H and O–H groups in total. The first-order valence-electron chi connectivity index (χ1n) is 11.6. The van der Waals surface area contributed by atoms with Crippen molar-refractivity contribution in [1.29, 1.82) is 5.41 Å². The van der Waals surface area contributed by atoms with Crippen molar-refractivity contribution in [3.8, 4) is 0 Å². The Morgan fingerprint density at radius 1 is 1.03 bits per heavy atom. The van der Waals surface area contributed by atoms with E-state index in [1.54, 1.807) is 18.9 Å². The van der Waals surface area contributed by atoms with Gasteiger partial charge in [0.2, 0.25) is 0 Å². The number of likely N-dealkylation sites (tertiary alicyclic amines) is 1. The van der Waals surface area contributed by atoms with Gasteiger partial charge in [-0.05, 0) is 37.6 Å². The van der Waals surface area contributed by atoms with Crippen LogP contribution in [0.25, 0.3) is 5.70 Å². The van der Waals surface area contributed by atoms with Gasteiger partial charge in [-0.2, -0.15) is 0 Å². The van der Waals surface area contributed by atoms with Crippen LogP contribution in [-0.4, -0.2) is 69.2 Å². The number of halogens is 4. The Labute approximate surface area is 218 Å². The maximum Gasteiger partial charge on any atom is 0.256 e. The quantitative estimate of drug-likeness (QED) is 0.598. The maximum atomic E-state index is 14.6. The molecule has 2 saturated heterocycles. The van der Waals surface area contributed by atoms with E-state index in [9.17, 15) is 26.4 Å². The summed E-state index contributed by atoms with van der Waals surface area (Å²) in [5, 5.41) is 11.6. The molecule has 2 aliphatic rings. The normalized spacial score (nSPS) is 21.1. The second-order valence-corrected chi connectivity index (χ2v) is 11.7. The summed E-state index contributed by atoms with van der Waals surface area (Å²) in [4.78, 5) is 16.5. The summed E-state index contributed by atoms with van der Waals surface area (Å²) in [6.07, 6.45) is 0.215. The summed E-state index contributed by atoms with van der Waals surface area (Å²) < 4.78 is 65.8. The Morgan fingerprint density at radius 3 is 2.22 bits per heavy atom. The minimum absolute atomic E-state index is 0.0110. The van der Waals surface area contributed by atoms with Gasteiger partial charge in [-0.1, -0.05) is 11.6 Å². The average molecular weight is 555 g/mol. The molecule has 2 aromatic rings. The molecular weight excluding hydrogens is 529 g/mol. The number of sulfone groups is 1. The van der Waals surface area contributed by atoms with E-state index >= 15 is 0 Å². The van der Waals surface area contributed by atoms with E-state index in [4.69, 9.17) is 17.0 Å². The van der Waals surface area contributed by atoms with Crippen molar-refractivity contribution in [1.82, 2.24) is 10.2 Å². The van der Waals surface area contributed by atoms with Crippen molar-refractivity contribution >= 4 is 44.4 Å². The molecule has 0 bridgehead atoms. The Morgan fingerprint density at radius 2 is 1.62 bits per heavy atom. The van der Waals surface area contributed by atoms with Crippen LogP contribution in [0.15, 0.2) is 35.9 Å². The molecule has 1 atom stereocenters. The molecule has 2 aromatic carbocycles. The van der Waals surface area contributed by atoms with Crippen molar-refractivity contribution in [3.63, 3.8) is 0 Å². The van der Waals surface area contributed by atoms with Crippen LogP contribution < -0.4 is 10.2 Å². The molecule has 1 amide bonds. The molecule has 12 heteroatoms. The van der Waals surface area contributed by atoms with Gasteiger partial charge in [-0.3, -0.25) is 4.79 Å². The summed E-state index contributed by atoms with van der Waals surface area (Å²) >= 11 is 6.55. The summed E-state index contributed by atoms with van der Waals surface area (Å²) in [6, 6.07) is 4.56. The van der Waals surface area contributed by atoms with Gasteiger partial charge in [0.05, 0.1) is 39.5 Å². The maximum absolute atomic E-state index is 14.6. The van der Waals surface area contributed by atoms with Crippen LogP contribution >= 0.6 is 11.6 Å². The van der Waals surface area contributed by atoms with Crippen LogP contribution in [0, 0.1) is 22.9 Å². The minimum Gasteiger partial charge on any atom is -0.387 e. The first kappa shape index (κ1) is 27.0. The number of carbonyl (C=O) groups is 1. The first-order chi connectivity index (χ1) is 17.4. The van der Waals surface area contributed by atoms with Crippen LogP contribution in [-0.2, 0) is 9.84 Å². The van der Waals surface area contributed by atoms with Crippen molar-refractivity contribution in [2.24, 2.45) is 0 Å². The van der Waals surface area contributed by atoms with Gasteiger partial charge >= 0.3 is 0 Å². The third-order valence-corrected chi connectivity index (χ3v) is 8.72. The van der Waals surface area contributed by atoms with Gasteiger partial charge in [-0.15, -0.1) is 0 Å². The van der Waals surface area contributed by atoms with E-state index in [0.29, 0.717) is 11.3 Å². The molecule has 198 valence electrons. The number of rotatable bonds is 4. The summed E-state index contributed by atoms with van der Waals surface area (Å²) in [6.45, 7) is 2.06. The molecule has 0 radical (unpaired) electrons. The van der Waals surface area contributed by atoms with Gasteiger partial charge in [0.25, 0.3) is 5.91 Å². The second-order valence-electron chi connectivity index (χ2n) is 9.03. The third-order valence-electron chi connectivity index (χ3n) is 6.71. The number of nitrogens with one attached hydrogen (secondary N) is 2. The van der Waals surface area contributed by atoms with Crippen molar-refractivity contribution in [2.45, 2.75) is 19.4 Å². The van der Waals surface area contributed by atoms with Gasteiger partial charge in [0.15, 0.2) is 9.84 Å². The molecule has 37 heavy (non-hydrogen) atoms. The third kappa shape index (κ3) is 5.47. The average Bonchev–Trinajstić information content (AvgIpc) is 2.83. The highest BCUT2D eigenvalue weighted by molar-refractivity contribution is 7.91. The van der Waals surface area contributed by atoms with E-state index in [1.165, 1.54) is 11.0 Å². The summed E-state index contributed by atoms with van der Waals surface area (Å²) in [5.41, 5.74) is 1.36. The Bertz CT molecular complexity index is 1380. The SMILES string of the molecule is CN/C(=C1/CCN(C(=O)c2cc(F)cc(N3CCS(=O)(=O)CC3)c2Cl)C(C)C1=N)c1cc(F)cc(F)c1. The van der Waals surface area contributed by atoms with Crippen LogP contribution in [0.4, 0.5) is 18.9 Å². The number of benzene rings is 2. The molecule has 1 unspecified atom stereocenters. The number of carbonyl (C=O) groups excluding carboxylic acids is 1. The monoisotopic (exact) mass is 554 g/mol. The highest BCUT2D eigenvalue weighted by Crippen LogP contribution is 2.34. The largest absolute Gasteiger partial charge is 0.387 e. The molecule has 0 saturated carbocycles. The predicted octanol–water partition coefficient (Wildman–Crippen LogP) is 3.88. The fourth-order valence-corrected chi connectivity index (χ4v) is 6.25. The zero-order valence-electron chi connectivity index (χ0n) is 20.2. The van der Waals surface area contributed by atoms with Gasteiger partial charge in [0.1, 0.15) is 17.5 Å². The van der Waals surface area contributed by atoms with E-state index < -0.39 is 39.2 Å². The van der Waals surface area contributed by atoms with E-state index in [2.05, 4.69) is 5.32 Å². The van der Waals surface area contributed by atoms with Crippen molar-refractivity contribution in [2.75, 3.05) is 43.1 Å². The standard InChI is InChI=1S/C25H26ClF3N4O3S/c1-14-23(30)19(24(31-2)15-9-16(27)11-17(28)10-15)3-4-33(14)25(34)20-12-18(29)13-21(22(20)26)32-5-7-37(35,36)8-6-32/h9-14,30-31H,3-8H2,1-2H3/b24-19-,30-23?. The number of hydrogen-bond donors (Lipinski definition) is 2.